The topological polar surface area (TPSA) is 65.8 Å². The second kappa shape index (κ2) is 8.24. The number of hydrogen-bond donors (Lipinski definition) is 1. The highest BCUT2D eigenvalue weighted by Crippen LogP contribution is 2.17. The van der Waals surface area contributed by atoms with Crippen molar-refractivity contribution in [2.24, 2.45) is 12.0 Å². The fourth-order valence-corrected chi connectivity index (χ4v) is 3.35. The van der Waals surface area contributed by atoms with Crippen molar-refractivity contribution in [1.82, 2.24) is 20.0 Å². The number of piperazine rings is 1. The van der Waals surface area contributed by atoms with E-state index in [4.69, 9.17) is 0 Å². The average molecular weight is 368 g/mol. The van der Waals surface area contributed by atoms with Crippen LogP contribution in [0.5, 0.6) is 0 Å². The Labute approximate surface area is 160 Å². The third kappa shape index (κ3) is 4.48. The van der Waals surface area contributed by atoms with Crippen molar-refractivity contribution < 1.29 is 4.79 Å². The molecule has 1 aromatic heterocycles. The number of aliphatic imine (C=N–C) groups is 1. The molecule has 1 amide bonds. The zero-order valence-electron chi connectivity index (χ0n) is 16.5. The Bertz CT molecular complexity index is 827. The summed E-state index contributed by atoms with van der Waals surface area (Å²) in [5.74, 6) is 1.19. The zero-order valence-corrected chi connectivity index (χ0v) is 16.5. The molecule has 1 aliphatic rings. The van der Waals surface area contributed by atoms with E-state index in [0.717, 1.165) is 24.7 Å². The van der Waals surface area contributed by atoms with Gasteiger partial charge in [0, 0.05) is 39.9 Å². The Balaban J connectivity index is 1.58. The van der Waals surface area contributed by atoms with Crippen molar-refractivity contribution in [3.8, 4) is 0 Å². The quantitative estimate of drug-likeness (QED) is 0.660. The molecule has 0 saturated carbocycles. The molecule has 3 rings (SSSR count). The Morgan fingerprint density at radius 1 is 1.37 bits per heavy atom. The normalized spacial score (nSPS) is 16.6. The number of anilines is 1. The molecule has 1 unspecified atom stereocenters. The molecular formula is C20H28N6O. The third-order valence-electron chi connectivity index (χ3n) is 4.91. The SMILES string of the molecule is CN=C(NCC(C)c1cccc(C)c1)N1CCN(c2cnn(C)c2)C(=O)C1. The number of hydrogen-bond acceptors (Lipinski definition) is 3. The number of nitrogens with zero attached hydrogens (tertiary/aromatic N) is 5. The van der Waals surface area contributed by atoms with Gasteiger partial charge in [0.1, 0.15) is 6.54 Å². The number of benzene rings is 1. The number of carbonyl (C=O) groups is 1. The van der Waals surface area contributed by atoms with Gasteiger partial charge in [-0.3, -0.25) is 14.5 Å². The summed E-state index contributed by atoms with van der Waals surface area (Å²) in [6.07, 6.45) is 3.59. The summed E-state index contributed by atoms with van der Waals surface area (Å²) in [6, 6.07) is 8.56. The maximum atomic E-state index is 12.6. The van der Waals surface area contributed by atoms with E-state index in [2.05, 4.69) is 53.5 Å². The fourth-order valence-electron chi connectivity index (χ4n) is 3.35. The van der Waals surface area contributed by atoms with Gasteiger partial charge < -0.3 is 15.1 Å². The molecule has 1 aliphatic heterocycles. The van der Waals surface area contributed by atoms with Gasteiger partial charge in [0.05, 0.1) is 11.9 Å². The molecule has 1 saturated heterocycles. The monoisotopic (exact) mass is 368 g/mol. The van der Waals surface area contributed by atoms with Gasteiger partial charge in [0.15, 0.2) is 5.96 Å². The van der Waals surface area contributed by atoms with Gasteiger partial charge in [-0.2, -0.15) is 5.10 Å². The predicted molar refractivity (Wildman–Crippen MR) is 108 cm³/mol. The highest BCUT2D eigenvalue weighted by molar-refractivity contribution is 5.98. The lowest BCUT2D eigenvalue weighted by Crippen LogP contribution is -2.55. The molecule has 0 bridgehead atoms. The van der Waals surface area contributed by atoms with Gasteiger partial charge in [-0.1, -0.05) is 36.8 Å². The number of amides is 1. The van der Waals surface area contributed by atoms with E-state index < -0.39 is 0 Å². The van der Waals surface area contributed by atoms with Crippen molar-refractivity contribution in [1.29, 1.82) is 0 Å². The van der Waals surface area contributed by atoms with E-state index in [-0.39, 0.29) is 5.91 Å². The first-order valence-corrected chi connectivity index (χ1v) is 9.29. The smallest absolute Gasteiger partial charge is 0.246 e. The number of rotatable bonds is 4. The predicted octanol–water partition coefficient (Wildman–Crippen LogP) is 1.76. The zero-order chi connectivity index (χ0) is 19.4. The standard InChI is InChI=1S/C20H28N6O/c1-15-6-5-7-17(10-15)16(2)11-22-20(21-3)25-8-9-26(19(27)14-25)18-12-23-24(4)13-18/h5-7,10,12-13,16H,8-9,11,14H2,1-4H3,(H,21,22). The lowest BCUT2D eigenvalue weighted by molar-refractivity contribution is -0.120. The van der Waals surface area contributed by atoms with Gasteiger partial charge in [-0.05, 0) is 18.4 Å². The van der Waals surface area contributed by atoms with Crippen molar-refractivity contribution in [3.05, 3.63) is 47.8 Å². The van der Waals surface area contributed by atoms with Crippen LogP contribution in [0.2, 0.25) is 0 Å². The second-order valence-corrected chi connectivity index (χ2v) is 7.08. The lowest BCUT2D eigenvalue weighted by Gasteiger charge is -2.35. The van der Waals surface area contributed by atoms with Gasteiger partial charge >= 0.3 is 0 Å². The van der Waals surface area contributed by atoms with Crippen LogP contribution < -0.4 is 10.2 Å². The first-order chi connectivity index (χ1) is 13.0. The average Bonchev–Trinajstić information content (AvgIpc) is 3.08. The molecule has 2 heterocycles. The van der Waals surface area contributed by atoms with E-state index in [1.165, 1.54) is 11.1 Å². The van der Waals surface area contributed by atoms with Gasteiger partial charge in [-0.15, -0.1) is 0 Å². The van der Waals surface area contributed by atoms with E-state index in [1.807, 2.05) is 18.1 Å². The molecule has 0 spiro atoms. The Hall–Kier alpha value is -2.83. The van der Waals surface area contributed by atoms with Crippen molar-refractivity contribution in [3.63, 3.8) is 0 Å². The highest BCUT2D eigenvalue weighted by atomic mass is 16.2. The Morgan fingerprint density at radius 2 is 2.19 bits per heavy atom. The minimum atomic E-state index is 0.0592. The molecule has 1 fully saturated rings. The molecular weight excluding hydrogens is 340 g/mol. The van der Waals surface area contributed by atoms with Crippen LogP contribution >= 0.6 is 0 Å². The van der Waals surface area contributed by atoms with E-state index in [1.54, 1.807) is 22.8 Å². The minimum Gasteiger partial charge on any atom is -0.356 e. The number of aromatic nitrogens is 2. The first-order valence-electron chi connectivity index (χ1n) is 9.29. The summed E-state index contributed by atoms with van der Waals surface area (Å²) >= 11 is 0. The van der Waals surface area contributed by atoms with Crippen molar-refractivity contribution in [2.75, 3.05) is 38.1 Å². The van der Waals surface area contributed by atoms with E-state index >= 15 is 0 Å². The van der Waals surface area contributed by atoms with Crippen LogP contribution in [0.3, 0.4) is 0 Å². The first kappa shape index (κ1) is 18.9. The minimum absolute atomic E-state index is 0.0592. The summed E-state index contributed by atoms with van der Waals surface area (Å²) in [5.41, 5.74) is 3.41. The number of guanidine groups is 1. The number of nitrogens with one attached hydrogen (secondary N) is 1. The van der Waals surface area contributed by atoms with Crippen LogP contribution in [0, 0.1) is 6.92 Å². The molecule has 144 valence electrons. The van der Waals surface area contributed by atoms with E-state index in [9.17, 15) is 4.79 Å². The second-order valence-electron chi connectivity index (χ2n) is 7.08. The maximum absolute atomic E-state index is 12.6. The number of carbonyl (C=O) groups excluding carboxylic acids is 1. The van der Waals surface area contributed by atoms with Gasteiger partial charge in [0.25, 0.3) is 0 Å². The molecule has 0 radical (unpaired) electrons. The van der Waals surface area contributed by atoms with Crippen LogP contribution in [0.1, 0.15) is 24.0 Å². The molecule has 1 N–H and O–H groups in total. The Kier molecular flexibility index (Phi) is 5.78. The van der Waals surface area contributed by atoms with Gasteiger partial charge in [0.2, 0.25) is 5.91 Å². The van der Waals surface area contributed by atoms with Crippen molar-refractivity contribution in [2.45, 2.75) is 19.8 Å². The summed E-state index contributed by atoms with van der Waals surface area (Å²) in [5, 5.41) is 7.58. The molecule has 2 aromatic rings. The van der Waals surface area contributed by atoms with Crippen molar-refractivity contribution >= 4 is 17.6 Å². The summed E-state index contributed by atoms with van der Waals surface area (Å²) < 4.78 is 1.71. The van der Waals surface area contributed by atoms with E-state index in [0.29, 0.717) is 19.0 Å². The van der Waals surface area contributed by atoms with Crippen LogP contribution in [0.4, 0.5) is 5.69 Å². The molecule has 1 atom stereocenters. The fraction of sp³-hybridized carbons (Fsp3) is 0.450. The maximum Gasteiger partial charge on any atom is 0.246 e. The molecule has 0 aliphatic carbocycles. The van der Waals surface area contributed by atoms with Crippen LogP contribution in [0.15, 0.2) is 41.7 Å². The molecule has 27 heavy (non-hydrogen) atoms. The lowest BCUT2D eigenvalue weighted by atomic mass is 9.99. The number of aryl methyl sites for hydroxylation is 2. The molecule has 1 aromatic carbocycles. The highest BCUT2D eigenvalue weighted by Gasteiger charge is 2.27. The molecule has 7 nitrogen and oxygen atoms in total. The third-order valence-corrected chi connectivity index (χ3v) is 4.91. The summed E-state index contributed by atoms with van der Waals surface area (Å²) in [7, 11) is 3.61. The van der Waals surface area contributed by atoms with Gasteiger partial charge in [-0.25, -0.2) is 0 Å². The van der Waals surface area contributed by atoms with Crippen LogP contribution in [0.25, 0.3) is 0 Å². The Morgan fingerprint density at radius 3 is 2.81 bits per heavy atom. The summed E-state index contributed by atoms with van der Waals surface area (Å²) in [6.45, 7) is 6.74. The summed E-state index contributed by atoms with van der Waals surface area (Å²) in [4.78, 5) is 20.8. The largest absolute Gasteiger partial charge is 0.356 e. The van der Waals surface area contributed by atoms with Crippen LogP contribution in [-0.2, 0) is 11.8 Å². The van der Waals surface area contributed by atoms with Crippen LogP contribution in [-0.4, -0.2) is 59.8 Å². The molecule has 7 heteroatoms.